The zero-order valence-electron chi connectivity index (χ0n) is 11.7. The first kappa shape index (κ1) is 16.2. The van der Waals surface area contributed by atoms with Crippen molar-refractivity contribution in [1.29, 1.82) is 0 Å². The van der Waals surface area contributed by atoms with Crippen molar-refractivity contribution in [3.05, 3.63) is 0 Å². The van der Waals surface area contributed by atoms with Gasteiger partial charge in [-0.25, -0.2) is 4.79 Å². The summed E-state index contributed by atoms with van der Waals surface area (Å²) in [5, 5.41) is 6.06. The van der Waals surface area contributed by atoms with Crippen LogP contribution in [-0.2, 0) is 4.74 Å². The minimum absolute atomic E-state index is 0.0810. The van der Waals surface area contributed by atoms with Crippen LogP contribution in [0.1, 0.15) is 41.0 Å². The monoisotopic (exact) mass is 245 g/mol. The van der Waals surface area contributed by atoms with Gasteiger partial charge in [0.2, 0.25) is 0 Å². The molecular weight excluding hydrogens is 218 g/mol. The Balaban J connectivity index is 3.94. The first-order valence-electron chi connectivity index (χ1n) is 6.21. The number of nitrogens with two attached hydrogens (primary N) is 1. The highest BCUT2D eigenvalue weighted by Crippen LogP contribution is 2.06. The number of amides is 1. The molecule has 102 valence electrons. The number of nitrogens with one attached hydrogen (secondary N) is 2. The van der Waals surface area contributed by atoms with Gasteiger partial charge in [-0.1, -0.05) is 6.92 Å². The molecular formula is C12H27N3O2. The van der Waals surface area contributed by atoms with E-state index in [2.05, 4.69) is 24.5 Å². The third-order valence-corrected chi connectivity index (χ3v) is 2.31. The standard InChI is InChI=1S/C12H27N3O2/c1-6-9(2)15-10(7-13)8-14-11(16)17-12(3,4)5/h9-10,15H,6-8,13H2,1-5H3,(H,14,16). The molecule has 0 rings (SSSR count). The van der Waals surface area contributed by atoms with Gasteiger partial charge in [-0.05, 0) is 34.1 Å². The molecule has 5 heteroatoms. The van der Waals surface area contributed by atoms with Crippen LogP contribution in [0, 0.1) is 0 Å². The topological polar surface area (TPSA) is 76.4 Å². The van der Waals surface area contributed by atoms with Gasteiger partial charge in [-0.15, -0.1) is 0 Å². The number of carbonyl (C=O) groups excluding carboxylic acids is 1. The molecule has 2 atom stereocenters. The molecule has 0 aromatic heterocycles. The molecule has 17 heavy (non-hydrogen) atoms. The summed E-state index contributed by atoms with van der Waals surface area (Å²) >= 11 is 0. The normalized spacial score (nSPS) is 15.2. The molecule has 0 aliphatic rings. The summed E-state index contributed by atoms with van der Waals surface area (Å²) < 4.78 is 5.15. The number of hydrogen-bond acceptors (Lipinski definition) is 4. The molecule has 0 aliphatic heterocycles. The summed E-state index contributed by atoms with van der Waals surface area (Å²) in [5.41, 5.74) is 5.17. The van der Waals surface area contributed by atoms with Crippen molar-refractivity contribution in [3.63, 3.8) is 0 Å². The van der Waals surface area contributed by atoms with Crippen molar-refractivity contribution in [1.82, 2.24) is 10.6 Å². The van der Waals surface area contributed by atoms with Crippen LogP contribution in [0.5, 0.6) is 0 Å². The third-order valence-electron chi connectivity index (χ3n) is 2.31. The van der Waals surface area contributed by atoms with E-state index in [1.165, 1.54) is 0 Å². The Bertz CT molecular complexity index is 226. The summed E-state index contributed by atoms with van der Waals surface area (Å²) in [6.45, 7) is 10.7. The smallest absolute Gasteiger partial charge is 0.407 e. The van der Waals surface area contributed by atoms with Crippen molar-refractivity contribution < 1.29 is 9.53 Å². The minimum atomic E-state index is -0.466. The van der Waals surface area contributed by atoms with Gasteiger partial charge in [0.05, 0.1) is 0 Å². The summed E-state index contributed by atoms with van der Waals surface area (Å²) in [5.74, 6) is 0. The van der Waals surface area contributed by atoms with Gasteiger partial charge in [-0.3, -0.25) is 0 Å². The van der Waals surface area contributed by atoms with Crippen molar-refractivity contribution in [3.8, 4) is 0 Å². The van der Waals surface area contributed by atoms with Gasteiger partial charge in [-0.2, -0.15) is 0 Å². The maximum atomic E-state index is 11.4. The molecule has 2 unspecified atom stereocenters. The second kappa shape index (κ2) is 7.50. The maximum absolute atomic E-state index is 11.4. The molecule has 5 nitrogen and oxygen atoms in total. The summed E-state index contributed by atoms with van der Waals surface area (Å²) in [6, 6.07) is 0.474. The van der Waals surface area contributed by atoms with Crippen LogP contribution in [0.2, 0.25) is 0 Å². The average Bonchev–Trinajstić information content (AvgIpc) is 2.21. The molecule has 0 aromatic rings. The summed E-state index contributed by atoms with van der Waals surface area (Å²) in [7, 11) is 0. The number of carbonyl (C=O) groups is 1. The van der Waals surface area contributed by atoms with E-state index in [0.717, 1.165) is 6.42 Å². The predicted molar refractivity (Wildman–Crippen MR) is 70.0 cm³/mol. The summed E-state index contributed by atoms with van der Waals surface area (Å²) in [4.78, 5) is 11.4. The van der Waals surface area contributed by atoms with Crippen LogP contribution < -0.4 is 16.4 Å². The Hall–Kier alpha value is -0.810. The van der Waals surface area contributed by atoms with Gasteiger partial charge >= 0.3 is 6.09 Å². The molecule has 0 radical (unpaired) electrons. The largest absolute Gasteiger partial charge is 0.444 e. The van der Waals surface area contributed by atoms with E-state index in [1.807, 2.05) is 20.8 Å². The first-order valence-corrected chi connectivity index (χ1v) is 6.21. The second-order valence-corrected chi connectivity index (χ2v) is 5.29. The highest BCUT2D eigenvalue weighted by molar-refractivity contribution is 5.67. The van der Waals surface area contributed by atoms with Crippen LogP contribution in [0.3, 0.4) is 0 Å². The highest BCUT2D eigenvalue weighted by atomic mass is 16.6. The van der Waals surface area contributed by atoms with Gasteiger partial charge in [0, 0.05) is 25.2 Å². The average molecular weight is 245 g/mol. The van der Waals surface area contributed by atoms with Gasteiger partial charge < -0.3 is 21.1 Å². The second-order valence-electron chi connectivity index (χ2n) is 5.29. The fourth-order valence-electron chi connectivity index (χ4n) is 1.25. The van der Waals surface area contributed by atoms with Crippen LogP contribution in [-0.4, -0.2) is 36.9 Å². The lowest BCUT2D eigenvalue weighted by Gasteiger charge is -2.23. The molecule has 0 bridgehead atoms. The zero-order valence-corrected chi connectivity index (χ0v) is 11.7. The number of hydrogen-bond donors (Lipinski definition) is 3. The van der Waals surface area contributed by atoms with Crippen LogP contribution in [0.15, 0.2) is 0 Å². The minimum Gasteiger partial charge on any atom is -0.444 e. The molecule has 0 spiro atoms. The number of alkyl carbamates (subject to hydrolysis) is 1. The molecule has 0 heterocycles. The molecule has 0 fully saturated rings. The SMILES string of the molecule is CCC(C)NC(CN)CNC(=O)OC(C)(C)C. The van der Waals surface area contributed by atoms with E-state index >= 15 is 0 Å². The predicted octanol–water partition coefficient (Wildman–Crippen LogP) is 1.23. The van der Waals surface area contributed by atoms with E-state index in [0.29, 0.717) is 19.1 Å². The molecule has 0 aliphatic carbocycles. The lowest BCUT2D eigenvalue weighted by Crippen LogP contribution is -2.49. The lowest BCUT2D eigenvalue weighted by molar-refractivity contribution is 0.0522. The van der Waals surface area contributed by atoms with Crippen molar-refractivity contribution in [2.45, 2.75) is 58.7 Å². The van der Waals surface area contributed by atoms with Gasteiger partial charge in [0.25, 0.3) is 0 Å². The molecule has 0 aromatic carbocycles. The molecule has 0 saturated heterocycles. The van der Waals surface area contributed by atoms with Crippen molar-refractivity contribution in [2.75, 3.05) is 13.1 Å². The van der Waals surface area contributed by atoms with Crippen LogP contribution >= 0.6 is 0 Å². The Morgan fingerprint density at radius 3 is 2.41 bits per heavy atom. The number of rotatable bonds is 6. The Morgan fingerprint density at radius 1 is 1.41 bits per heavy atom. The van der Waals surface area contributed by atoms with E-state index in [1.54, 1.807) is 0 Å². The fourth-order valence-corrected chi connectivity index (χ4v) is 1.25. The van der Waals surface area contributed by atoms with Crippen molar-refractivity contribution in [2.24, 2.45) is 5.73 Å². The summed E-state index contributed by atoms with van der Waals surface area (Å²) in [6.07, 6.45) is 0.630. The van der Waals surface area contributed by atoms with E-state index in [9.17, 15) is 4.79 Å². The first-order chi connectivity index (χ1) is 7.78. The lowest BCUT2D eigenvalue weighted by atomic mass is 10.2. The van der Waals surface area contributed by atoms with E-state index < -0.39 is 11.7 Å². The number of ether oxygens (including phenoxy) is 1. The van der Waals surface area contributed by atoms with E-state index in [-0.39, 0.29) is 6.04 Å². The van der Waals surface area contributed by atoms with Crippen molar-refractivity contribution >= 4 is 6.09 Å². The quantitative estimate of drug-likeness (QED) is 0.658. The zero-order chi connectivity index (χ0) is 13.5. The Morgan fingerprint density at radius 2 is 2.00 bits per heavy atom. The van der Waals surface area contributed by atoms with Crippen LogP contribution in [0.25, 0.3) is 0 Å². The molecule has 1 amide bonds. The van der Waals surface area contributed by atoms with Crippen LogP contribution in [0.4, 0.5) is 4.79 Å². The maximum Gasteiger partial charge on any atom is 0.407 e. The van der Waals surface area contributed by atoms with Gasteiger partial charge in [0.15, 0.2) is 0 Å². The van der Waals surface area contributed by atoms with Gasteiger partial charge in [0.1, 0.15) is 5.60 Å². The fraction of sp³-hybridized carbons (Fsp3) is 0.917. The molecule has 4 N–H and O–H groups in total. The molecule has 0 saturated carbocycles. The van der Waals surface area contributed by atoms with E-state index in [4.69, 9.17) is 10.5 Å². The Labute approximate surface area is 104 Å². The third kappa shape index (κ3) is 8.94. The Kier molecular flexibility index (Phi) is 7.15. The highest BCUT2D eigenvalue weighted by Gasteiger charge is 2.17.